The Kier molecular flexibility index (Phi) is 6.43. The van der Waals surface area contributed by atoms with Crippen LogP contribution in [0, 0.1) is 5.92 Å². The Morgan fingerprint density at radius 2 is 1.98 bits per heavy atom. The Labute approximate surface area is 244 Å². The number of fused-ring (bicyclic) bond motifs is 3. The van der Waals surface area contributed by atoms with Crippen LogP contribution in [0.5, 0.6) is 0 Å². The summed E-state index contributed by atoms with van der Waals surface area (Å²) in [7, 11) is 0. The van der Waals surface area contributed by atoms with Gasteiger partial charge < -0.3 is 24.6 Å². The van der Waals surface area contributed by atoms with Crippen molar-refractivity contribution in [2.75, 3.05) is 25.2 Å². The van der Waals surface area contributed by atoms with E-state index in [4.69, 9.17) is 14.2 Å². The zero-order chi connectivity index (χ0) is 29.7. The topological polar surface area (TPSA) is 179 Å². The number of ketones is 1. The number of carbonyl (C=O) groups is 3. The van der Waals surface area contributed by atoms with Crippen LogP contribution in [0.3, 0.4) is 0 Å². The van der Waals surface area contributed by atoms with Gasteiger partial charge in [-0.25, -0.2) is 29.1 Å². The molecule has 2 aromatic carbocycles. The number of aliphatic carboxylic acids is 1. The van der Waals surface area contributed by atoms with Crippen LogP contribution in [0.2, 0.25) is 0 Å². The summed E-state index contributed by atoms with van der Waals surface area (Å²) in [5, 5.41) is 20.8. The van der Waals surface area contributed by atoms with Crippen molar-refractivity contribution in [1.29, 1.82) is 0 Å². The van der Waals surface area contributed by atoms with Gasteiger partial charge >= 0.3 is 12.0 Å². The normalized spacial score (nSPS) is 24.5. The van der Waals surface area contributed by atoms with Crippen molar-refractivity contribution in [3.8, 4) is 0 Å². The molecule has 14 heteroatoms. The average Bonchev–Trinajstić information content (AvgIpc) is 3.80. The lowest BCUT2D eigenvalue weighted by molar-refractivity contribution is -0.152. The summed E-state index contributed by atoms with van der Waals surface area (Å²) >= 11 is 0. The summed E-state index contributed by atoms with van der Waals surface area (Å²) in [6, 6.07) is 12.6. The number of hydrogen-bond acceptors (Lipinski definition) is 10. The minimum absolute atomic E-state index is 0.111. The van der Waals surface area contributed by atoms with Gasteiger partial charge in [-0.15, -0.1) is 0 Å². The monoisotopic (exact) mass is 585 g/mol. The van der Waals surface area contributed by atoms with Crippen LogP contribution in [0.25, 0.3) is 27.8 Å². The highest BCUT2D eigenvalue weighted by Gasteiger charge is 2.59. The second kappa shape index (κ2) is 10.3. The maximum atomic E-state index is 14.3. The molecule has 4 aromatic rings. The number of ether oxygens (including phenoxy) is 3. The Morgan fingerprint density at radius 1 is 1.14 bits per heavy atom. The summed E-state index contributed by atoms with van der Waals surface area (Å²) < 4.78 is 19.2. The summed E-state index contributed by atoms with van der Waals surface area (Å²) in [4.78, 5) is 52.1. The lowest BCUT2D eigenvalue weighted by atomic mass is 9.75. The quantitative estimate of drug-likeness (QED) is 0.250. The Bertz CT molecular complexity index is 1820. The van der Waals surface area contributed by atoms with E-state index in [0.29, 0.717) is 24.3 Å². The van der Waals surface area contributed by atoms with Crippen LogP contribution in [0.1, 0.15) is 18.9 Å². The van der Waals surface area contributed by atoms with E-state index in [2.05, 4.69) is 30.9 Å². The summed E-state index contributed by atoms with van der Waals surface area (Å²) in [5.41, 5.74) is -0.599. The summed E-state index contributed by atoms with van der Waals surface area (Å²) in [6.07, 6.45) is 0.904. The average molecular weight is 586 g/mol. The first kappa shape index (κ1) is 26.8. The highest BCUT2D eigenvalue weighted by molar-refractivity contribution is 5.98. The molecule has 2 amide bonds. The van der Waals surface area contributed by atoms with Crippen LogP contribution in [-0.2, 0) is 29.3 Å². The fourth-order valence-corrected chi connectivity index (χ4v) is 6.14. The van der Waals surface area contributed by atoms with E-state index >= 15 is 0 Å². The molecule has 43 heavy (non-hydrogen) atoms. The van der Waals surface area contributed by atoms with Gasteiger partial charge in [-0.1, -0.05) is 36.4 Å². The molecule has 2 saturated heterocycles. The van der Waals surface area contributed by atoms with Crippen LogP contribution < -0.4 is 16.0 Å². The zero-order valence-corrected chi connectivity index (χ0v) is 22.9. The van der Waals surface area contributed by atoms with Crippen molar-refractivity contribution in [2.45, 2.75) is 31.1 Å². The first-order chi connectivity index (χ1) is 20.9. The number of urea groups is 1. The molecular formula is C29H27N7O7. The fraction of sp³-hybridized carbons (Fsp3) is 0.310. The first-order valence-electron chi connectivity index (χ1n) is 13.8. The van der Waals surface area contributed by atoms with Gasteiger partial charge in [-0.3, -0.25) is 15.4 Å². The fourth-order valence-electron chi connectivity index (χ4n) is 6.14. The molecule has 3 aliphatic heterocycles. The van der Waals surface area contributed by atoms with Gasteiger partial charge in [0.05, 0.1) is 5.92 Å². The van der Waals surface area contributed by atoms with Gasteiger partial charge in [0.1, 0.15) is 12.7 Å². The number of nitrogens with one attached hydrogen (secondary N) is 3. The van der Waals surface area contributed by atoms with E-state index in [9.17, 15) is 19.5 Å². The SMILES string of the molecule is CCNC(=O)Nc1ncnc2c1ncn2C1=C2OCOC2C(C(=O)C2CCNC2(C(=O)O)c2ccc3ccccc3c2)O1. The number of amides is 2. The Balaban J connectivity index is 1.22. The lowest BCUT2D eigenvalue weighted by Crippen LogP contribution is -2.54. The van der Waals surface area contributed by atoms with Crippen molar-refractivity contribution in [2.24, 2.45) is 5.92 Å². The van der Waals surface area contributed by atoms with E-state index in [1.165, 1.54) is 17.2 Å². The molecule has 2 aromatic heterocycles. The number of nitrogens with zero attached hydrogens (tertiary/aromatic N) is 4. The number of imidazole rings is 1. The summed E-state index contributed by atoms with van der Waals surface area (Å²) in [5.74, 6) is -1.95. The van der Waals surface area contributed by atoms with E-state index < -0.39 is 41.4 Å². The molecule has 7 rings (SSSR count). The molecule has 0 aliphatic carbocycles. The van der Waals surface area contributed by atoms with Crippen LogP contribution in [0.15, 0.2) is 60.9 Å². The molecule has 0 saturated carbocycles. The zero-order valence-electron chi connectivity index (χ0n) is 22.9. The van der Waals surface area contributed by atoms with E-state index in [0.717, 1.165) is 10.8 Å². The van der Waals surface area contributed by atoms with Crippen molar-refractivity contribution >= 4 is 51.4 Å². The van der Waals surface area contributed by atoms with E-state index in [1.807, 2.05) is 36.4 Å². The molecule has 5 heterocycles. The maximum Gasteiger partial charge on any atom is 0.329 e. The van der Waals surface area contributed by atoms with E-state index in [1.54, 1.807) is 13.0 Å². The smallest absolute Gasteiger partial charge is 0.329 e. The number of anilines is 1. The molecule has 4 N–H and O–H groups in total. The van der Waals surface area contributed by atoms with Crippen molar-refractivity contribution in [3.63, 3.8) is 0 Å². The Morgan fingerprint density at radius 3 is 2.79 bits per heavy atom. The van der Waals surface area contributed by atoms with Crippen LogP contribution in [-0.4, -0.2) is 74.5 Å². The second-order valence-electron chi connectivity index (χ2n) is 10.4. The lowest BCUT2D eigenvalue weighted by Gasteiger charge is -2.33. The predicted octanol–water partition coefficient (Wildman–Crippen LogP) is 2.18. The number of carboxylic acids is 1. The number of aromatic nitrogens is 4. The maximum absolute atomic E-state index is 14.3. The van der Waals surface area contributed by atoms with Gasteiger partial charge in [0.25, 0.3) is 0 Å². The number of rotatable bonds is 7. The third kappa shape index (κ3) is 4.17. The minimum Gasteiger partial charge on any atom is -0.480 e. The molecule has 0 radical (unpaired) electrons. The molecule has 3 aliphatic rings. The van der Waals surface area contributed by atoms with Gasteiger partial charge in [0.15, 0.2) is 53.1 Å². The van der Waals surface area contributed by atoms with Crippen LogP contribution in [0.4, 0.5) is 10.6 Å². The van der Waals surface area contributed by atoms with Crippen molar-refractivity contribution in [1.82, 2.24) is 30.2 Å². The third-order valence-electron chi connectivity index (χ3n) is 8.09. The third-order valence-corrected chi connectivity index (χ3v) is 8.09. The Hall–Kier alpha value is -5.08. The molecule has 0 bridgehead atoms. The van der Waals surface area contributed by atoms with Gasteiger partial charge in [0.2, 0.25) is 5.88 Å². The number of carboxylic acid groups (broad SMARTS) is 1. The highest BCUT2D eigenvalue weighted by atomic mass is 16.7. The standard InChI is InChI=1S/C29H27N7O7/c1-2-30-28(40)35-24-19-25(32-12-31-24)36(13-33-19)26-23-22(41-14-42-23)21(43-26)20(37)18-9-10-34-29(18,27(38)39)17-8-7-15-5-3-4-6-16(15)11-17/h3-8,11-13,18,21-22,34H,2,9-10,14H2,1H3,(H,38,39)(H2,30,31,32,35,40). The number of Topliss-reactive ketones (excluding diaryl/α,β-unsaturated/α-hetero) is 1. The molecule has 220 valence electrons. The second-order valence-corrected chi connectivity index (χ2v) is 10.4. The first-order valence-corrected chi connectivity index (χ1v) is 13.8. The van der Waals surface area contributed by atoms with Crippen molar-refractivity contribution < 1.29 is 33.7 Å². The van der Waals surface area contributed by atoms with E-state index in [-0.39, 0.29) is 36.2 Å². The predicted molar refractivity (Wildman–Crippen MR) is 151 cm³/mol. The minimum atomic E-state index is -1.67. The molecule has 4 unspecified atom stereocenters. The number of hydrogen-bond donors (Lipinski definition) is 4. The van der Waals surface area contributed by atoms with Crippen molar-refractivity contribution in [3.05, 3.63) is 66.4 Å². The molecule has 2 fully saturated rings. The molecule has 0 spiro atoms. The van der Waals surface area contributed by atoms with Gasteiger partial charge in [-0.05, 0) is 42.3 Å². The largest absolute Gasteiger partial charge is 0.480 e. The number of benzene rings is 2. The molecule has 14 nitrogen and oxygen atoms in total. The van der Waals surface area contributed by atoms with Crippen LogP contribution >= 0.6 is 0 Å². The number of carbonyl (C=O) groups excluding carboxylic acids is 2. The van der Waals surface area contributed by atoms with Gasteiger partial charge in [0, 0.05) is 6.54 Å². The summed E-state index contributed by atoms with van der Waals surface area (Å²) in [6.45, 7) is 2.42. The van der Waals surface area contributed by atoms with Gasteiger partial charge in [-0.2, -0.15) is 0 Å². The molecular weight excluding hydrogens is 558 g/mol. The molecule has 4 atom stereocenters. The highest BCUT2D eigenvalue weighted by Crippen LogP contribution is 2.44.